The van der Waals surface area contributed by atoms with Crippen molar-refractivity contribution in [2.75, 3.05) is 0 Å². The molecule has 0 N–H and O–H groups in total. The minimum Gasteiger partial charge on any atom is -0.403 e. The van der Waals surface area contributed by atoms with Crippen LogP contribution in [-0.4, -0.2) is 18.3 Å². The zero-order valence-corrected chi connectivity index (χ0v) is 14.9. The maximum absolute atomic E-state index is 9.19. The van der Waals surface area contributed by atoms with Crippen molar-refractivity contribution in [3.8, 4) is 6.07 Å². The average Bonchev–Trinajstić information content (AvgIpc) is 2.65. The van der Waals surface area contributed by atoms with Crippen molar-refractivity contribution in [3.05, 3.63) is 0 Å². The Morgan fingerprint density at radius 2 is 1.27 bits per heavy atom. The van der Waals surface area contributed by atoms with Crippen molar-refractivity contribution >= 4 is 7.12 Å². The molecule has 2 rings (SSSR count). The Morgan fingerprint density at radius 3 is 1.82 bits per heavy atom. The molecule has 2 atom stereocenters. The number of hydrogen-bond acceptors (Lipinski definition) is 3. The standard InChI is InChI=1S/C18H32BNO2/c1-17(2)18(3,4)22-19(21-17)16-12-7-5-6-10-15(14-20)11-8-9-13-16/h15-16H,5-13H2,1-4H3. The van der Waals surface area contributed by atoms with Gasteiger partial charge < -0.3 is 9.31 Å². The zero-order chi connectivity index (χ0) is 16.2. The molecule has 0 radical (unpaired) electrons. The Kier molecular flexibility index (Phi) is 5.97. The van der Waals surface area contributed by atoms with Gasteiger partial charge in [0.15, 0.2) is 0 Å². The van der Waals surface area contributed by atoms with Gasteiger partial charge in [-0.15, -0.1) is 0 Å². The molecule has 2 unspecified atom stereocenters. The molecule has 0 aromatic heterocycles. The Morgan fingerprint density at radius 1 is 0.818 bits per heavy atom. The summed E-state index contributed by atoms with van der Waals surface area (Å²) in [6.45, 7) is 8.54. The first-order chi connectivity index (χ1) is 10.4. The fourth-order valence-electron chi connectivity index (χ4n) is 3.54. The van der Waals surface area contributed by atoms with E-state index in [0.29, 0.717) is 5.82 Å². The smallest absolute Gasteiger partial charge is 0.403 e. The van der Waals surface area contributed by atoms with Crippen LogP contribution in [0.3, 0.4) is 0 Å². The van der Waals surface area contributed by atoms with Crippen LogP contribution in [-0.2, 0) is 9.31 Å². The van der Waals surface area contributed by atoms with E-state index in [1.165, 1.54) is 32.1 Å². The summed E-state index contributed by atoms with van der Waals surface area (Å²) in [5, 5.41) is 9.19. The van der Waals surface area contributed by atoms with E-state index >= 15 is 0 Å². The van der Waals surface area contributed by atoms with Crippen LogP contribution in [0.15, 0.2) is 0 Å². The second-order valence-electron chi connectivity index (χ2n) is 8.13. The lowest BCUT2D eigenvalue weighted by atomic mass is 9.66. The Balaban J connectivity index is 1.94. The number of rotatable bonds is 1. The lowest BCUT2D eigenvalue weighted by molar-refractivity contribution is 0.00578. The molecule has 0 aromatic carbocycles. The van der Waals surface area contributed by atoms with E-state index in [9.17, 15) is 5.26 Å². The number of nitriles is 1. The summed E-state index contributed by atoms with van der Waals surface area (Å²) in [4.78, 5) is 0. The van der Waals surface area contributed by atoms with Crippen molar-refractivity contribution in [1.82, 2.24) is 0 Å². The van der Waals surface area contributed by atoms with Gasteiger partial charge in [0.1, 0.15) is 0 Å². The molecule has 2 fully saturated rings. The molecule has 1 aliphatic carbocycles. The van der Waals surface area contributed by atoms with Gasteiger partial charge in [0.25, 0.3) is 0 Å². The van der Waals surface area contributed by atoms with Crippen LogP contribution in [0.25, 0.3) is 0 Å². The summed E-state index contributed by atoms with van der Waals surface area (Å²) in [6, 6.07) is 2.48. The second-order valence-corrected chi connectivity index (χ2v) is 8.13. The fraction of sp³-hybridized carbons (Fsp3) is 0.944. The molecule has 0 amide bonds. The van der Waals surface area contributed by atoms with Crippen LogP contribution >= 0.6 is 0 Å². The van der Waals surface area contributed by atoms with Gasteiger partial charge in [-0.25, -0.2) is 0 Å². The average molecular weight is 305 g/mol. The molecule has 1 aliphatic heterocycles. The van der Waals surface area contributed by atoms with E-state index in [-0.39, 0.29) is 24.2 Å². The largest absolute Gasteiger partial charge is 0.461 e. The summed E-state index contributed by atoms with van der Waals surface area (Å²) in [5.41, 5.74) is -0.453. The minimum absolute atomic E-state index is 0.0579. The Hall–Kier alpha value is -0.525. The molecule has 0 bridgehead atoms. The van der Waals surface area contributed by atoms with Crippen molar-refractivity contribution in [2.45, 2.75) is 103 Å². The minimum atomic E-state index is -0.226. The maximum atomic E-state index is 9.19. The van der Waals surface area contributed by atoms with Crippen LogP contribution in [0.5, 0.6) is 0 Å². The molecular formula is C18H32BNO2. The first kappa shape index (κ1) is 17.8. The number of hydrogen-bond donors (Lipinski definition) is 0. The van der Waals surface area contributed by atoms with Crippen molar-refractivity contribution < 1.29 is 9.31 Å². The molecule has 22 heavy (non-hydrogen) atoms. The van der Waals surface area contributed by atoms with Crippen LogP contribution in [0.2, 0.25) is 5.82 Å². The predicted molar refractivity (Wildman–Crippen MR) is 90.5 cm³/mol. The summed E-state index contributed by atoms with van der Waals surface area (Å²) < 4.78 is 12.5. The summed E-state index contributed by atoms with van der Waals surface area (Å²) in [6.07, 6.45) is 10.5. The third-order valence-electron chi connectivity index (χ3n) is 5.84. The maximum Gasteiger partial charge on any atom is 0.461 e. The molecule has 1 saturated carbocycles. The van der Waals surface area contributed by atoms with Crippen LogP contribution in [0.4, 0.5) is 0 Å². The Bertz CT molecular complexity index is 386. The quantitative estimate of drug-likeness (QED) is 0.632. The fourth-order valence-corrected chi connectivity index (χ4v) is 3.54. The SMILES string of the molecule is CC1(C)OB(C2CCCCCC(C#N)CCCC2)OC1(C)C. The Labute approximate surface area is 136 Å². The van der Waals surface area contributed by atoms with Gasteiger partial charge in [-0.2, -0.15) is 5.26 Å². The van der Waals surface area contributed by atoms with Gasteiger partial charge in [0.2, 0.25) is 0 Å². The number of nitrogens with zero attached hydrogens (tertiary/aromatic N) is 1. The van der Waals surface area contributed by atoms with Crippen LogP contribution < -0.4 is 0 Å². The predicted octanol–water partition coefficient (Wildman–Crippen LogP) is 5.11. The zero-order valence-electron chi connectivity index (χ0n) is 14.9. The normalized spacial score (nSPS) is 33.0. The molecule has 0 aromatic rings. The highest BCUT2D eigenvalue weighted by molar-refractivity contribution is 6.47. The van der Waals surface area contributed by atoms with Gasteiger partial charge in [0, 0.05) is 5.92 Å². The molecule has 2 aliphatic rings. The summed E-state index contributed by atoms with van der Waals surface area (Å²) >= 11 is 0. The van der Waals surface area contributed by atoms with E-state index in [0.717, 1.165) is 25.7 Å². The van der Waals surface area contributed by atoms with E-state index < -0.39 is 0 Å². The highest BCUT2D eigenvalue weighted by atomic mass is 16.7. The van der Waals surface area contributed by atoms with Crippen molar-refractivity contribution in [3.63, 3.8) is 0 Å². The van der Waals surface area contributed by atoms with Gasteiger partial charge in [-0.05, 0) is 46.4 Å². The van der Waals surface area contributed by atoms with Gasteiger partial charge >= 0.3 is 7.12 Å². The highest BCUT2D eigenvalue weighted by Crippen LogP contribution is 2.42. The van der Waals surface area contributed by atoms with E-state index in [1.807, 2.05) is 0 Å². The van der Waals surface area contributed by atoms with E-state index in [4.69, 9.17) is 9.31 Å². The summed E-state index contributed by atoms with van der Waals surface area (Å²) in [5.74, 6) is 0.771. The molecule has 1 heterocycles. The topological polar surface area (TPSA) is 42.2 Å². The first-order valence-electron chi connectivity index (χ1n) is 9.11. The van der Waals surface area contributed by atoms with E-state index in [2.05, 4.69) is 33.8 Å². The van der Waals surface area contributed by atoms with Crippen LogP contribution in [0.1, 0.15) is 85.5 Å². The third-order valence-corrected chi connectivity index (χ3v) is 5.84. The van der Waals surface area contributed by atoms with Gasteiger partial charge in [0.05, 0.1) is 17.3 Å². The van der Waals surface area contributed by atoms with Crippen molar-refractivity contribution in [1.29, 1.82) is 5.26 Å². The monoisotopic (exact) mass is 305 g/mol. The van der Waals surface area contributed by atoms with Gasteiger partial charge in [-0.1, -0.05) is 44.9 Å². The molecule has 124 valence electrons. The van der Waals surface area contributed by atoms with Crippen LogP contribution in [0, 0.1) is 17.2 Å². The highest BCUT2D eigenvalue weighted by Gasteiger charge is 2.53. The van der Waals surface area contributed by atoms with Crippen molar-refractivity contribution in [2.24, 2.45) is 5.92 Å². The molecule has 3 nitrogen and oxygen atoms in total. The van der Waals surface area contributed by atoms with E-state index in [1.54, 1.807) is 0 Å². The second kappa shape index (κ2) is 7.36. The molecular weight excluding hydrogens is 273 g/mol. The molecule has 4 heteroatoms. The first-order valence-corrected chi connectivity index (χ1v) is 9.11. The summed E-state index contributed by atoms with van der Waals surface area (Å²) in [7, 11) is -0.0579. The lowest BCUT2D eigenvalue weighted by Gasteiger charge is -2.32. The lowest BCUT2D eigenvalue weighted by Crippen LogP contribution is -2.41. The molecule has 1 saturated heterocycles. The third kappa shape index (κ3) is 4.27. The van der Waals surface area contributed by atoms with Gasteiger partial charge in [-0.3, -0.25) is 0 Å². The molecule has 0 spiro atoms.